The van der Waals surface area contributed by atoms with Gasteiger partial charge in [0.15, 0.2) is 0 Å². The molecule has 5 heterocycles. The van der Waals surface area contributed by atoms with Crippen molar-refractivity contribution >= 4 is 0 Å². The number of hydrogen-bond donors (Lipinski definition) is 1. The minimum atomic E-state index is 0.174. The van der Waals surface area contributed by atoms with Gasteiger partial charge in [0.25, 0.3) is 0 Å². The first-order valence-electron chi connectivity index (χ1n) is 7.36. The van der Waals surface area contributed by atoms with Gasteiger partial charge in [0, 0.05) is 31.7 Å². The van der Waals surface area contributed by atoms with Gasteiger partial charge in [-0.25, -0.2) is 0 Å². The molecule has 4 aliphatic heterocycles. The lowest BCUT2D eigenvalue weighted by Gasteiger charge is -2.58. The number of hydrogen-bond acceptors (Lipinski definition) is 5. The van der Waals surface area contributed by atoms with Crippen LogP contribution in [0.4, 0.5) is 0 Å². The molecule has 104 valence electrons. The molecule has 0 aromatic carbocycles. The lowest BCUT2D eigenvalue weighted by atomic mass is 9.71. The van der Waals surface area contributed by atoms with Crippen molar-refractivity contribution in [3.05, 3.63) is 12.2 Å². The molecule has 3 fully saturated rings. The summed E-state index contributed by atoms with van der Waals surface area (Å²) in [4.78, 5) is 5.18. The average molecular weight is 262 g/mol. The second-order valence-corrected chi connectivity index (χ2v) is 6.22. The molecule has 6 heteroatoms. The van der Waals surface area contributed by atoms with E-state index in [0.717, 1.165) is 44.5 Å². The zero-order valence-corrected chi connectivity index (χ0v) is 11.3. The highest BCUT2D eigenvalue weighted by Gasteiger charge is 2.50. The Morgan fingerprint density at radius 2 is 2.11 bits per heavy atom. The molecule has 1 unspecified atom stereocenters. The highest BCUT2D eigenvalue weighted by molar-refractivity contribution is 5.08. The first-order valence-corrected chi connectivity index (χ1v) is 7.36. The number of rotatable bonds is 2. The quantitative estimate of drug-likeness (QED) is 0.780. The van der Waals surface area contributed by atoms with Crippen LogP contribution in [0.5, 0.6) is 0 Å². The molecular formula is C13H22N6. The fourth-order valence-corrected chi connectivity index (χ4v) is 4.31. The van der Waals surface area contributed by atoms with E-state index >= 15 is 0 Å². The number of aromatic nitrogens is 3. The van der Waals surface area contributed by atoms with E-state index in [-0.39, 0.29) is 5.54 Å². The van der Waals surface area contributed by atoms with Gasteiger partial charge in [0.05, 0.1) is 6.54 Å². The van der Waals surface area contributed by atoms with Crippen molar-refractivity contribution in [2.45, 2.75) is 31.5 Å². The standard InChI is InChI=1S/C13H22N6/c14-8-13(9-17-3-1-11(13)2-4-17)19-6-5-18-10-15-16-12(18)7-19/h10-11H,1-9,14H2. The first kappa shape index (κ1) is 11.8. The van der Waals surface area contributed by atoms with Crippen LogP contribution in [0, 0.1) is 5.92 Å². The zero-order chi connectivity index (χ0) is 12.9. The Hall–Kier alpha value is -0.980. The number of piperidine rings is 3. The fourth-order valence-electron chi connectivity index (χ4n) is 4.31. The van der Waals surface area contributed by atoms with Crippen molar-refractivity contribution in [1.82, 2.24) is 24.6 Å². The van der Waals surface area contributed by atoms with Crippen LogP contribution in [0.3, 0.4) is 0 Å². The fraction of sp³-hybridized carbons (Fsp3) is 0.846. The molecular weight excluding hydrogens is 240 g/mol. The third-order valence-electron chi connectivity index (χ3n) is 5.47. The van der Waals surface area contributed by atoms with Crippen LogP contribution in [-0.2, 0) is 13.1 Å². The Morgan fingerprint density at radius 1 is 1.26 bits per heavy atom. The Bertz CT molecular complexity index is 463. The van der Waals surface area contributed by atoms with Gasteiger partial charge in [-0.3, -0.25) is 4.90 Å². The topological polar surface area (TPSA) is 63.2 Å². The molecule has 2 bridgehead atoms. The van der Waals surface area contributed by atoms with Gasteiger partial charge in [-0.05, 0) is 31.8 Å². The van der Waals surface area contributed by atoms with E-state index in [2.05, 4.69) is 24.6 Å². The molecule has 4 aliphatic rings. The van der Waals surface area contributed by atoms with Gasteiger partial charge >= 0.3 is 0 Å². The predicted molar refractivity (Wildman–Crippen MR) is 71.4 cm³/mol. The van der Waals surface area contributed by atoms with Gasteiger partial charge in [-0.1, -0.05) is 0 Å². The molecule has 2 N–H and O–H groups in total. The van der Waals surface area contributed by atoms with E-state index in [9.17, 15) is 0 Å². The van der Waals surface area contributed by atoms with Gasteiger partial charge < -0.3 is 15.2 Å². The summed E-state index contributed by atoms with van der Waals surface area (Å²) in [5, 5.41) is 8.27. The van der Waals surface area contributed by atoms with Gasteiger partial charge in [-0.15, -0.1) is 10.2 Å². The molecule has 1 atom stereocenters. The van der Waals surface area contributed by atoms with E-state index in [0.29, 0.717) is 0 Å². The highest BCUT2D eigenvalue weighted by atomic mass is 15.4. The second-order valence-electron chi connectivity index (χ2n) is 6.22. The average Bonchev–Trinajstić information content (AvgIpc) is 2.95. The first-order chi connectivity index (χ1) is 9.32. The summed E-state index contributed by atoms with van der Waals surface area (Å²) in [6, 6.07) is 0. The largest absolute Gasteiger partial charge is 0.329 e. The van der Waals surface area contributed by atoms with Gasteiger partial charge in [0.2, 0.25) is 0 Å². The van der Waals surface area contributed by atoms with E-state index in [1.54, 1.807) is 0 Å². The van der Waals surface area contributed by atoms with Crippen LogP contribution in [0.2, 0.25) is 0 Å². The van der Waals surface area contributed by atoms with Gasteiger partial charge in [-0.2, -0.15) is 0 Å². The lowest BCUT2D eigenvalue weighted by Crippen LogP contribution is -2.70. The molecule has 0 radical (unpaired) electrons. The summed E-state index contributed by atoms with van der Waals surface area (Å²) in [6.07, 6.45) is 4.46. The van der Waals surface area contributed by atoms with Crippen molar-refractivity contribution in [3.8, 4) is 0 Å². The van der Waals surface area contributed by atoms with Crippen LogP contribution < -0.4 is 5.73 Å². The molecule has 1 aromatic heterocycles. The molecule has 1 aromatic rings. The van der Waals surface area contributed by atoms with E-state index in [4.69, 9.17) is 5.73 Å². The van der Waals surface area contributed by atoms with Crippen molar-refractivity contribution in [1.29, 1.82) is 0 Å². The molecule has 19 heavy (non-hydrogen) atoms. The summed E-state index contributed by atoms with van der Waals surface area (Å²) in [7, 11) is 0. The van der Waals surface area contributed by atoms with Crippen LogP contribution in [-0.4, -0.2) is 62.8 Å². The molecule has 3 saturated heterocycles. The molecule has 6 nitrogen and oxygen atoms in total. The number of nitrogens with two attached hydrogens (primary N) is 1. The lowest BCUT2D eigenvalue weighted by molar-refractivity contribution is -0.0783. The minimum Gasteiger partial charge on any atom is -0.329 e. The normalized spacial score (nSPS) is 38.4. The number of nitrogens with zero attached hydrogens (tertiary/aromatic N) is 5. The van der Waals surface area contributed by atoms with Crippen molar-refractivity contribution < 1.29 is 0 Å². The van der Waals surface area contributed by atoms with E-state index in [1.807, 2.05) is 6.33 Å². The molecule has 5 rings (SSSR count). The second kappa shape index (κ2) is 4.26. The Balaban J connectivity index is 1.63. The molecule has 0 aliphatic carbocycles. The van der Waals surface area contributed by atoms with Crippen LogP contribution in [0.25, 0.3) is 0 Å². The summed E-state index contributed by atoms with van der Waals surface area (Å²) >= 11 is 0. The SMILES string of the molecule is NCC1(N2CCn3cnnc3C2)CN2CCC1CC2. The minimum absolute atomic E-state index is 0.174. The van der Waals surface area contributed by atoms with E-state index < -0.39 is 0 Å². The van der Waals surface area contributed by atoms with Crippen molar-refractivity contribution in [2.24, 2.45) is 11.7 Å². The Morgan fingerprint density at radius 3 is 2.79 bits per heavy atom. The maximum absolute atomic E-state index is 6.24. The molecule has 0 spiro atoms. The maximum Gasteiger partial charge on any atom is 0.147 e. The smallest absolute Gasteiger partial charge is 0.147 e. The predicted octanol–water partition coefficient (Wildman–Crippen LogP) is -0.483. The Kier molecular flexibility index (Phi) is 2.65. The third kappa shape index (κ3) is 1.67. The summed E-state index contributed by atoms with van der Waals surface area (Å²) < 4.78 is 2.17. The number of fused-ring (bicyclic) bond motifs is 4. The summed E-state index contributed by atoms with van der Waals surface area (Å²) in [5.41, 5.74) is 6.41. The Labute approximate surface area is 113 Å². The maximum atomic E-state index is 6.24. The van der Waals surface area contributed by atoms with E-state index in [1.165, 1.54) is 25.9 Å². The van der Waals surface area contributed by atoms with Crippen molar-refractivity contribution in [2.75, 3.05) is 32.7 Å². The van der Waals surface area contributed by atoms with Crippen molar-refractivity contribution in [3.63, 3.8) is 0 Å². The van der Waals surface area contributed by atoms with Gasteiger partial charge in [0.1, 0.15) is 12.2 Å². The monoisotopic (exact) mass is 262 g/mol. The molecule has 0 amide bonds. The van der Waals surface area contributed by atoms with Crippen LogP contribution >= 0.6 is 0 Å². The van der Waals surface area contributed by atoms with Crippen LogP contribution in [0.1, 0.15) is 18.7 Å². The highest BCUT2D eigenvalue weighted by Crippen LogP contribution is 2.40. The summed E-state index contributed by atoms with van der Waals surface area (Å²) in [6.45, 7) is 7.41. The molecule has 0 saturated carbocycles. The zero-order valence-electron chi connectivity index (χ0n) is 11.3. The van der Waals surface area contributed by atoms with Crippen LogP contribution in [0.15, 0.2) is 6.33 Å². The third-order valence-corrected chi connectivity index (χ3v) is 5.47. The summed E-state index contributed by atoms with van der Waals surface area (Å²) in [5.74, 6) is 1.85.